The number of hydrogen-bond donors (Lipinski definition) is 1. The first-order valence-electron chi connectivity index (χ1n) is 7.76. The number of carbonyl (C=O) groups is 1. The molecule has 0 bridgehead atoms. The molecule has 0 aliphatic carbocycles. The second-order valence-electron chi connectivity index (χ2n) is 5.66. The van der Waals surface area contributed by atoms with Gasteiger partial charge in [0.15, 0.2) is 11.5 Å². The Morgan fingerprint density at radius 2 is 1.88 bits per heavy atom. The van der Waals surface area contributed by atoms with Gasteiger partial charge in [-0.2, -0.15) is 0 Å². The number of halogens is 1. The number of anilines is 2. The largest absolute Gasteiger partial charge is 0.486 e. The molecular formula is C17H17ClN2O5S. The smallest absolute Gasteiger partial charge is 0.245 e. The van der Waals surface area contributed by atoms with Crippen molar-refractivity contribution in [3.63, 3.8) is 0 Å². The number of fused-ring (bicyclic) bond motifs is 1. The highest BCUT2D eigenvalue weighted by Gasteiger charge is 2.21. The Balaban J connectivity index is 1.76. The summed E-state index contributed by atoms with van der Waals surface area (Å²) in [6.07, 6.45) is 1.03. The molecule has 0 fully saturated rings. The zero-order chi connectivity index (χ0) is 18.7. The molecule has 0 aromatic heterocycles. The number of sulfonamides is 1. The topological polar surface area (TPSA) is 84.9 Å². The summed E-state index contributed by atoms with van der Waals surface area (Å²) in [5.41, 5.74) is 0.802. The third-order valence-corrected chi connectivity index (χ3v) is 4.99. The molecule has 0 atom stereocenters. The fraction of sp³-hybridized carbons (Fsp3) is 0.235. The van der Waals surface area contributed by atoms with Crippen molar-refractivity contribution in [2.75, 3.05) is 35.6 Å². The number of rotatable bonds is 5. The average Bonchev–Trinajstić information content (AvgIpc) is 2.58. The van der Waals surface area contributed by atoms with Gasteiger partial charge in [0.1, 0.15) is 19.8 Å². The molecule has 7 nitrogen and oxygen atoms in total. The molecule has 2 aromatic rings. The minimum absolute atomic E-state index is 0.317. The molecular weight excluding hydrogens is 380 g/mol. The molecule has 1 aliphatic rings. The van der Waals surface area contributed by atoms with E-state index in [9.17, 15) is 13.2 Å². The molecule has 0 radical (unpaired) electrons. The van der Waals surface area contributed by atoms with E-state index in [1.54, 1.807) is 36.4 Å². The second-order valence-corrected chi connectivity index (χ2v) is 8.00. The van der Waals surface area contributed by atoms with Crippen LogP contribution in [0, 0.1) is 0 Å². The lowest BCUT2D eigenvalue weighted by molar-refractivity contribution is -0.114. The Hall–Kier alpha value is -2.45. The van der Waals surface area contributed by atoms with Crippen LogP contribution in [-0.4, -0.2) is 40.3 Å². The molecule has 0 saturated carbocycles. The Morgan fingerprint density at radius 3 is 2.58 bits per heavy atom. The van der Waals surface area contributed by atoms with Gasteiger partial charge in [-0.15, -0.1) is 0 Å². The fourth-order valence-corrected chi connectivity index (χ4v) is 3.52. The van der Waals surface area contributed by atoms with Gasteiger partial charge in [-0.25, -0.2) is 8.42 Å². The number of ether oxygens (including phenoxy) is 2. The summed E-state index contributed by atoms with van der Waals surface area (Å²) in [4.78, 5) is 12.4. The lowest BCUT2D eigenvalue weighted by Crippen LogP contribution is -2.37. The molecule has 138 valence electrons. The first-order chi connectivity index (χ1) is 12.3. The van der Waals surface area contributed by atoms with Crippen molar-refractivity contribution in [3.8, 4) is 11.5 Å². The van der Waals surface area contributed by atoms with Crippen molar-refractivity contribution >= 4 is 38.9 Å². The van der Waals surface area contributed by atoms with Crippen molar-refractivity contribution < 1.29 is 22.7 Å². The van der Waals surface area contributed by atoms with Crippen molar-refractivity contribution in [1.82, 2.24) is 0 Å². The van der Waals surface area contributed by atoms with Gasteiger partial charge in [0.05, 0.1) is 11.9 Å². The summed E-state index contributed by atoms with van der Waals surface area (Å²) in [7, 11) is -3.67. The highest BCUT2D eigenvalue weighted by molar-refractivity contribution is 7.92. The first-order valence-corrected chi connectivity index (χ1v) is 9.98. The van der Waals surface area contributed by atoms with Gasteiger partial charge < -0.3 is 14.8 Å². The normalized spacial score (nSPS) is 13.2. The Bertz CT molecular complexity index is 933. The lowest BCUT2D eigenvalue weighted by Gasteiger charge is -2.22. The van der Waals surface area contributed by atoms with Gasteiger partial charge in [-0.1, -0.05) is 17.7 Å². The molecule has 3 rings (SSSR count). The maximum absolute atomic E-state index is 12.4. The third-order valence-electron chi connectivity index (χ3n) is 3.61. The van der Waals surface area contributed by atoms with E-state index in [1.807, 2.05) is 0 Å². The van der Waals surface area contributed by atoms with E-state index in [0.29, 0.717) is 41.1 Å². The molecule has 26 heavy (non-hydrogen) atoms. The van der Waals surface area contributed by atoms with E-state index in [1.165, 1.54) is 6.07 Å². The third kappa shape index (κ3) is 4.39. The molecule has 0 saturated heterocycles. The van der Waals surface area contributed by atoms with Crippen LogP contribution in [0.5, 0.6) is 11.5 Å². The van der Waals surface area contributed by atoms with Crippen LogP contribution in [0.2, 0.25) is 5.02 Å². The molecule has 1 N–H and O–H groups in total. The zero-order valence-corrected chi connectivity index (χ0v) is 15.5. The van der Waals surface area contributed by atoms with E-state index >= 15 is 0 Å². The van der Waals surface area contributed by atoms with Crippen LogP contribution in [0.3, 0.4) is 0 Å². The summed E-state index contributed by atoms with van der Waals surface area (Å²) in [6, 6.07) is 11.3. The number of benzene rings is 2. The van der Waals surface area contributed by atoms with E-state index < -0.39 is 15.9 Å². The van der Waals surface area contributed by atoms with E-state index in [-0.39, 0.29) is 6.54 Å². The van der Waals surface area contributed by atoms with Crippen LogP contribution in [-0.2, 0) is 14.8 Å². The minimum Gasteiger partial charge on any atom is -0.486 e. The van der Waals surface area contributed by atoms with Crippen LogP contribution in [0.15, 0.2) is 42.5 Å². The summed E-state index contributed by atoms with van der Waals surface area (Å²) in [5.74, 6) is 0.641. The van der Waals surface area contributed by atoms with E-state index in [4.69, 9.17) is 21.1 Å². The zero-order valence-electron chi connectivity index (χ0n) is 13.9. The minimum atomic E-state index is -3.67. The lowest BCUT2D eigenvalue weighted by atomic mass is 10.2. The quantitative estimate of drug-likeness (QED) is 0.839. The van der Waals surface area contributed by atoms with Gasteiger partial charge >= 0.3 is 0 Å². The van der Waals surface area contributed by atoms with Gasteiger partial charge in [0.2, 0.25) is 15.9 Å². The number of hydrogen-bond acceptors (Lipinski definition) is 5. The summed E-state index contributed by atoms with van der Waals surface area (Å²) in [5, 5.41) is 3.04. The second kappa shape index (κ2) is 7.43. The molecule has 9 heteroatoms. The summed E-state index contributed by atoms with van der Waals surface area (Å²) in [6.45, 7) is 0.524. The Labute approximate surface area is 156 Å². The fourth-order valence-electron chi connectivity index (χ4n) is 2.48. The molecule has 0 spiro atoms. The molecule has 0 unspecified atom stereocenters. The van der Waals surface area contributed by atoms with Gasteiger partial charge in [0.25, 0.3) is 0 Å². The van der Waals surface area contributed by atoms with Crippen LogP contribution < -0.4 is 19.1 Å². The number of amides is 1. The van der Waals surface area contributed by atoms with Crippen LogP contribution >= 0.6 is 11.6 Å². The van der Waals surface area contributed by atoms with Gasteiger partial charge in [-0.3, -0.25) is 9.10 Å². The van der Waals surface area contributed by atoms with Crippen LogP contribution in [0.4, 0.5) is 11.4 Å². The average molecular weight is 397 g/mol. The Morgan fingerprint density at radius 1 is 1.15 bits per heavy atom. The maximum atomic E-state index is 12.4. The predicted octanol–water partition coefficient (Wildman–Crippen LogP) is 2.52. The van der Waals surface area contributed by atoms with Crippen molar-refractivity contribution in [2.45, 2.75) is 0 Å². The Kier molecular flexibility index (Phi) is 5.24. The van der Waals surface area contributed by atoms with Crippen LogP contribution in [0.25, 0.3) is 0 Å². The van der Waals surface area contributed by atoms with E-state index in [2.05, 4.69) is 5.32 Å². The molecule has 1 aliphatic heterocycles. The molecule has 1 amide bonds. The first kappa shape index (κ1) is 18.3. The van der Waals surface area contributed by atoms with Crippen molar-refractivity contribution in [3.05, 3.63) is 47.5 Å². The standard InChI is InChI=1S/C17H17ClN2O5S/c1-26(22,23)20(14-4-2-3-12(18)9-14)11-17(21)19-13-5-6-15-16(10-13)25-8-7-24-15/h2-6,9-10H,7-8,11H2,1H3,(H,19,21). The SMILES string of the molecule is CS(=O)(=O)N(CC(=O)Nc1ccc2c(c1)OCCO2)c1cccc(Cl)c1. The van der Waals surface area contributed by atoms with Crippen LogP contribution in [0.1, 0.15) is 0 Å². The van der Waals surface area contributed by atoms with E-state index in [0.717, 1.165) is 10.6 Å². The number of nitrogens with zero attached hydrogens (tertiary/aromatic N) is 1. The number of nitrogens with one attached hydrogen (secondary N) is 1. The monoisotopic (exact) mass is 396 g/mol. The molecule has 1 heterocycles. The van der Waals surface area contributed by atoms with Gasteiger partial charge in [0, 0.05) is 16.8 Å². The summed E-state index contributed by atoms with van der Waals surface area (Å²) >= 11 is 5.92. The van der Waals surface area contributed by atoms with Crippen molar-refractivity contribution in [2.24, 2.45) is 0 Å². The van der Waals surface area contributed by atoms with Gasteiger partial charge in [-0.05, 0) is 30.3 Å². The summed E-state index contributed by atoms with van der Waals surface area (Å²) < 4.78 is 36.1. The number of carbonyl (C=O) groups excluding carboxylic acids is 1. The van der Waals surface area contributed by atoms with Crippen molar-refractivity contribution in [1.29, 1.82) is 0 Å². The highest BCUT2D eigenvalue weighted by atomic mass is 35.5. The predicted molar refractivity (Wildman–Crippen MR) is 99.7 cm³/mol. The highest BCUT2D eigenvalue weighted by Crippen LogP contribution is 2.32. The molecule has 2 aromatic carbocycles. The maximum Gasteiger partial charge on any atom is 0.245 e.